The average molecular weight is 477 g/mol. The van der Waals surface area contributed by atoms with Gasteiger partial charge in [-0.25, -0.2) is 0 Å². The van der Waals surface area contributed by atoms with Crippen molar-refractivity contribution in [2.45, 2.75) is 19.5 Å². The third-order valence-corrected chi connectivity index (χ3v) is 5.18. The van der Waals surface area contributed by atoms with Crippen LogP contribution >= 0.6 is 0 Å². The van der Waals surface area contributed by atoms with Crippen LogP contribution in [0.1, 0.15) is 33.3 Å². The van der Waals surface area contributed by atoms with Gasteiger partial charge in [0.05, 0.1) is 36.0 Å². The van der Waals surface area contributed by atoms with Gasteiger partial charge in [0.25, 0.3) is 11.8 Å². The number of carbonyl (C=O) groups excluding carboxylic acids is 2. The van der Waals surface area contributed by atoms with Crippen LogP contribution in [-0.2, 0) is 6.54 Å². The molecule has 3 aromatic rings. The zero-order chi connectivity index (χ0) is 23.0. The summed E-state index contributed by atoms with van der Waals surface area (Å²) < 4.78 is 40.3. The number of hydrogen-bond donors (Lipinski definition) is 1. The molecular formula is C21H16BF3KN5O2. The number of hydrogen-bond acceptors (Lipinski definition) is 4. The maximum Gasteiger partial charge on any atom is 1.00 e. The van der Waals surface area contributed by atoms with Crippen molar-refractivity contribution in [3.8, 4) is 6.07 Å². The van der Waals surface area contributed by atoms with Crippen molar-refractivity contribution in [2.24, 2.45) is 0 Å². The summed E-state index contributed by atoms with van der Waals surface area (Å²) in [7, 11) is 0. The Balaban J connectivity index is 0.00000306. The Kier molecular flexibility index (Phi) is 7.50. The number of carbonyl (C=O) groups is 2. The molecule has 2 heterocycles. The van der Waals surface area contributed by atoms with Gasteiger partial charge in [0.1, 0.15) is 5.69 Å². The van der Waals surface area contributed by atoms with Crippen LogP contribution in [0.25, 0.3) is 0 Å². The smallest absolute Gasteiger partial charge is 0.445 e. The number of aromatic nitrogens is 2. The van der Waals surface area contributed by atoms with Crippen molar-refractivity contribution in [2.75, 3.05) is 10.2 Å². The SMILES string of the molecule is C[C@H]1Cn2ncc(C(=O)Nc3cccc(C#N)c3)c2C(=O)N1c1ccc([B-](F)(F)F)cc1.[K+]. The van der Waals surface area contributed by atoms with Crippen LogP contribution in [-0.4, -0.2) is 34.6 Å². The summed E-state index contributed by atoms with van der Waals surface area (Å²) in [6.45, 7) is -3.13. The molecule has 1 N–H and O–H groups in total. The zero-order valence-corrected chi connectivity index (χ0v) is 20.9. The summed E-state index contributed by atoms with van der Waals surface area (Å²) in [4.78, 5) is 27.5. The third-order valence-electron chi connectivity index (χ3n) is 5.18. The monoisotopic (exact) mass is 477 g/mol. The van der Waals surface area contributed by atoms with E-state index in [2.05, 4.69) is 10.4 Å². The molecule has 1 aromatic heterocycles. The summed E-state index contributed by atoms with van der Waals surface area (Å²) in [6, 6.07) is 12.3. The van der Waals surface area contributed by atoms with E-state index in [4.69, 9.17) is 5.26 Å². The van der Waals surface area contributed by atoms with Gasteiger partial charge in [-0.15, -0.1) is 5.46 Å². The van der Waals surface area contributed by atoms with Gasteiger partial charge >= 0.3 is 58.4 Å². The number of halogens is 3. The van der Waals surface area contributed by atoms with Crippen molar-refractivity contribution < 1.29 is 73.9 Å². The summed E-state index contributed by atoms with van der Waals surface area (Å²) >= 11 is 0. The van der Waals surface area contributed by atoms with Gasteiger partial charge < -0.3 is 23.2 Å². The van der Waals surface area contributed by atoms with E-state index in [-0.39, 0.29) is 75.2 Å². The van der Waals surface area contributed by atoms with Crippen LogP contribution in [0.15, 0.2) is 54.7 Å². The molecular weight excluding hydrogens is 461 g/mol. The fourth-order valence-electron chi connectivity index (χ4n) is 3.65. The minimum atomic E-state index is -5.14. The Labute approximate surface area is 230 Å². The molecule has 4 rings (SSSR count). The number of nitrogens with zero attached hydrogens (tertiary/aromatic N) is 4. The van der Waals surface area contributed by atoms with Crippen molar-refractivity contribution in [1.29, 1.82) is 5.26 Å². The Morgan fingerprint density at radius 3 is 2.55 bits per heavy atom. The minimum Gasteiger partial charge on any atom is -0.445 e. The molecule has 0 radical (unpaired) electrons. The zero-order valence-electron chi connectivity index (χ0n) is 17.8. The van der Waals surface area contributed by atoms with E-state index >= 15 is 0 Å². The Hall–Kier alpha value is -2.43. The Morgan fingerprint density at radius 1 is 1.21 bits per heavy atom. The number of fused-ring (bicyclic) bond motifs is 1. The second-order valence-electron chi connectivity index (χ2n) is 7.43. The molecule has 0 fully saturated rings. The Morgan fingerprint density at radius 2 is 1.91 bits per heavy atom. The summed E-state index contributed by atoms with van der Waals surface area (Å²) in [5.41, 5.74) is 0.361. The molecule has 2 aromatic carbocycles. The first-order valence-corrected chi connectivity index (χ1v) is 9.70. The van der Waals surface area contributed by atoms with Gasteiger partial charge in [0.2, 0.25) is 0 Å². The van der Waals surface area contributed by atoms with Gasteiger partial charge in [-0.2, -0.15) is 10.4 Å². The van der Waals surface area contributed by atoms with Crippen molar-refractivity contribution in [3.63, 3.8) is 0 Å². The second-order valence-corrected chi connectivity index (χ2v) is 7.43. The molecule has 0 saturated carbocycles. The van der Waals surface area contributed by atoms with Crippen LogP contribution in [0.2, 0.25) is 0 Å². The molecule has 1 aliphatic heterocycles. The van der Waals surface area contributed by atoms with E-state index in [9.17, 15) is 22.5 Å². The number of benzene rings is 2. The molecule has 0 aliphatic carbocycles. The van der Waals surface area contributed by atoms with Crippen molar-refractivity contribution in [1.82, 2.24) is 9.78 Å². The Bertz CT molecular complexity index is 1250. The predicted octanol–water partition coefficient (Wildman–Crippen LogP) is 0.114. The van der Waals surface area contributed by atoms with E-state index in [1.807, 2.05) is 6.07 Å². The molecule has 0 saturated heterocycles. The molecule has 33 heavy (non-hydrogen) atoms. The normalized spacial score (nSPS) is 15.3. The fourth-order valence-corrected chi connectivity index (χ4v) is 3.65. The summed E-state index contributed by atoms with van der Waals surface area (Å²) in [5, 5.41) is 15.8. The van der Waals surface area contributed by atoms with E-state index in [1.54, 1.807) is 25.1 Å². The molecule has 0 unspecified atom stereocenters. The molecule has 7 nitrogen and oxygen atoms in total. The molecule has 0 spiro atoms. The minimum absolute atomic E-state index is 0. The summed E-state index contributed by atoms with van der Waals surface area (Å²) in [6.07, 6.45) is 1.28. The van der Waals surface area contributed by atoms with Crippen molar-refractivity contribution in [3.05, 3.63) is 71.5 Å². The number of amides is 2. The van der Waals surface area contributed by atoms with Gasteiger partial charge in [-0.05, 0) is 37.3 Å². The number of anilines is 2. The predicted molar refractivity (Wildman–Crippen MR) is 113 cm³/mol. The van der Waals surface area contributed by atoms with Crippen LogP contribution in [0, 0.1) is 11.3 Å². The largest absolute Gasteiger partial charge is 1.00 e. The van der Waals surface area contributed by atoms with Crippen LogP contribution in [0.4, 0.5) is 24.3 Å². The molecule has 162 valence electrons. The number of rotatable bonds is 4. The molecule has 0 bridgehead atoms. The summed E-state index contributed by atoms with van der Waals surface area (Å²) in [5.74, 6) is -1.12. The standard InChI is InChI=1S/C21H16BF3N5O2.K/c1-13-12-29-19(21(32)30(13)17-7-5-15(6-8-17)22(23,24)25)18(11-27-29)20(31)28-16-4-2-3-14(9-16)10-26;/h2-9,11,13H,12H2,1H3,(H,28,31);/q-1;+1/t13-;/m0./s1. The first kappa shape index (κ1) is 25.2. The molecule has 1 atom stereocenters. The number of nitrogens with one attached hydrogen (secondary N) is 1. The first-order valence-electron chi connectivity index (χ1n) is 9.70. The van der Waals surface area contributed by atoms with E-state index in [0.29, 0.717) is 16.9 Å². The van der Waals surface area contributed by atoms with Gasteiger partial charge in [-0.1, -0.05) is 18.2 Å². The van der Waals surface area contributed by atoms with E-state index < -0.39 is 24.3 Å². The topological polar surface area (TPSA) is 91.0 Å². The third kappa shape index (κ3) is 5.07. The average Bonchev–Trinajstić information content (AvgIpc) is 3.18. The van der Waals surface area contributed by atoms with Crippen LogP contribution in [0.3, 0.4) is 0 Å². The van der Waals surface area contributed by atoms with Gasteiger partial charge in [0, 0.05) is 11.4 Å². The quantitative estimate of drug-likeness (QED) is 0.541. The van der Waals surface area contributed by atoms with Crippen LogP contribution < -0.4 is 67.1 Å². The molecule has 1 aliphatic rings. The maximum absolute atomic E-state index is 13.3. The van der Waals surface area contributed by atoms with Gasteiger partial charge in [0.15, 0.2) is 0 Å². The molecule has 2 amide bonds. The maximum atomic E-state index is 13.3. The number of nitriles is 1. The fraction of sp³-hybridized carbons (Fsp3) is 0.143. The second kappa shape index (κ2) is 9.82. The van der Waals surface area contributed by atoms with Crippen molar-refractivity contribution >= 4 is 35.6 Å². The van der Waals surface area contributed by atoms with Crippen LogP contribution in [0.5, 0.6) is 0 Å². The van der Waals surface area contributed by atoms with E-state index in [1.165, 1.54) is 34.0 Å². The first-order chi connectivity index (χ1) is 15.2. The van der Waals surface area contributed by atoms with E-state index in [0.717, 1.165) is 12.1 Å². The molecule has 12 heteroatoms. The van der Waals surface area contributed by atoms with Gasteiger partial charge in [-0.3, -0.25) is 14.3 Å².